The summed E-state index contributed by atoms with van der Waals surface area (Å²) in [4.78, 5) is 14.4. The lowest BCUT2D eigenvalue weighted by Gasteiger charge is -2.21. The molecular weight excluding hydrogens is 302 g/mol. The first-order valence-corrected chi connectivity index (χ1v) is 7.86. The van der Waals surface area contributed by atoms with Crippen LogP contribution < -0.4 is 14.4 Å². The number of methoxy groups -OCH3 is 2. The van der Waals surface area contributed by atoms with Crippen LogP contribution in [0.2, 0.25) is 0 Å². The van der Waals surface area contributed by atoms with Crippen molar-refractivity contribution in [3.05, 3.63) is 66.7 Å². The number of anilines is 1. The fourth-order valence-corrected chi connectivity index (χ4v) is 2.51. The summed E-state index contributed by atoms with van der Waals surface area (Å²) in [7, 11) is 3.21. The van der Waals surface area contributed by atoms with Gasteiger partial charge < -0.3 is 14.4 Å². The maximum Gasteiger partial charge on any atom is 0.227 e. The van der Waals surface area contributed by atoms with E-state index in [4.69, 9.17) is 9.47 Å². The first kappa shape index (κ1) is 17.6. The molecule has 0 aliphatic heterocycles. The summed E-state index contributed by atoms with van der Waals surface area (Å²) in [6.45, 7) is 4.24. The van der Waals surface area contributed by atoms with Crippen LogP contribution >= 0.6 is 0 Å². The predicted octanol–water partition coefficient (Wildman–Crippen LogP) is 3.86. The van der Waals surface area contributed by atoms with E-state index in [1.807, 2.05) is 48.5 Å². The van der Waals surface area contributed by atoms with Crippen molar-refractivity contribution in [3.8, 4) is 11.5 Å². The lowest BCUT2D eigenvalue weighted by Crippen LogP contribution is -2.31. The van der Waals surface area contributed by atoms with Crippen molar-refractivity contribution in [2.24, 2.45) is 0 Å². The molecule has 0 bridgehead atoms. The summed E-state index contributed by atoms with van der Waals surface area (Å²) in [5.41, 5.74) is 1.92. The normalized spacial score (nSPS) is 10.1. The summed E-state index contributed by atoms with van der Waals surface area (Å²) in [5.74, 6) is 1.43. The second kappa shape index (κ2) is 8.77. The zero-order valence-corrected chi connectivity index (χ0v) is 14.2. The molecule has 0 unspecified atom stereocenters. The van der Waals surface area contributed by atoms with Crippen LogP contribution in [0.4, 0.5) is 5.69 Å². The molecule has 0 saturated heterocycles. The molecule has 0 heterocycles. The maximum atomic E-state index is 12.6. The van der Waals surface area contributed by atoms with Crippen molar-refractivity contribution in [3.63, 3.8) is 0 Å². The molecule has 4 heteroatoms. The molecule has 0 radical (unpaired) electrons. The zero-order chi connectivity index (χ0) is 17.4. The lowest BCUT2D eigenvalue weighted by molar-refractivity contribution is -0.118. The number of hydrogen-bond acceptors (Lipinski definition) is 3. The van der Waals surface area contributed by atoms with Crippen molar-refractivity contribution < 1.29 is 14.3 Å². The first-order chi connectivity index (χ1) is 11.7. The number of rotatable bonds is 8. The minimum atomic E-state index is 0.0656. The molecule has 0 aromatic heterocycles. The standard InChI is InChI=1S/C20H23NO3/c1-4-14-21(17-8-6-5-7-9-17)20(22)13-11-16-10-12-18(23-2)19(15-16)24-3/h4-10,12,15H,1,11,13-14H2,2-3H3. The summed E-state index contributed by atoms with van der Waals surface area (Å²) < 4.78 is 10.5. The Morgan fingerprint density at radius 2 is 1.79 bits per heavy atom. The van der Waals surface area contributed by atoms with Crippen LogP contribution in [-0.2, 0) is 11.2 Å². The third kappa shape index (κ3) is 4.38. The van der Waals surface area contributed by atoms with Crippen LogP contribution in [0.3, 0.4) is 0 Å². The van der Waals surface area contributed by atoms with Gasteiger partial charge in [0.2, 0.25) is 5.91 Å². The number of aryl methyl sites for hydroxylation is 1. The summed E-state index contributed by atoms with van der Waals surface area (Å²) in [5, 5.41) is 0. The highest BCUT2D eigenvalue weighted by molar-refractivity contribution is 5.93. The molecule has 0 saturated carbocycles. The summed E-state index contributed by atoms with van der Waals surface area (Å²) >= 11 is 0. The molecule has 126 valence electrons. The molecule has 1 amide bonds. The Bertz CT molecular complexity index is 683. The lowest BCUT2D eigenvalue weighted by atomic mass is 10.1. The number of carbonyl (C=O) groups excluding carboxylic acids is 1. The van der Waals surface area contributed by atoms with Gasteiger partial charge in [0.1, 0.15) is 0 Å². The predicted molar refractivity (Wildman–Crippen MR) is 96.9 cm³/mol. The van der Waals surface area contributed by atoms with Gasteiger partial charge in [0.25, 0.3) is 0 Å². The Morgan fingerprint density at radius 1 is 1.08 bits per heavy atom. The molecule has 0 aliphatic carbocycles. The Hall–Kier alpha value is -2.75. The third-order valence-corrected chi connectivity index (χ3v) is 3.76. The number of carbonyl (C=O) groups is 1. The van der Waals surface area contributed by atoms with Gasteiger partial charge in [-0.25, -0.2) is 0 Å². The van der Waals surface area contributed by atoms with Gasteiger partial charge in [-0.05, 0) is 36.2 Å². The van der Waals surface area contributed by atoms with Crippen LogP contribution in [0.25, 0.3) is 0 Å². The molecule has 0 fully saturated rings. The molecule has 0 spiro atoms. The highest BCUT2D eigenvalue weighted by Crippen LogP contribution is 2.28. The van der Waals surface area contributed by atoms with E-state index in [-0.39, 0.29) is 5.91 Å². The molecular formula is C20H23NO3. The first-order valence-electron chi connectivity index (χ1n) is 7.86. The van der Waals surface area contributed by atoms with E-state index in [0.717, 1.165) is 11.3 Å². The monoisotopic (exact) mass is 325 g/mol. The maximum absolute atomic E-state index is 12.6. The van der Waals surface area contributed by atoms with Crippen LogP contribution in [0, 0.1) is 0 Å². The number of hydrogen-bond donors (Lipinski definition) is 0. The zero-order valence-electron chi connectivity index (χ0n) is 14.2. The van der Waals surface area contributed by atoms with E-state index in [1.165, 1.54) is 0 Å². The fourth-order valence-electron chi connectivity index (χ4n) is 2.51. The molecule has 2 aromatic rings. The highest BCUT2D eigenvalue weighted by Gasteiger charge is 2.14. The smallest absolute Gasteiger partial charge is 0.227 e. The third-order valence-electron chi connectivity index (χ3n) is 3.76. The Kier molecular flexibility index (Phi) is 6.43. The SMILES string of the molecule is C=CCN(C(=O)CCc1ccc(OC)c(OC)c1)c1ccccc1. The topological polar surface area (TPSA) is 38.8 Å². The van der Waals surface area contributed by atoms with Gasteiger partial charge in [0.05, 0.1) is 14.2 Å². The number of para-hydroxylation sites is 1. The molecule has 0 atom stereocenters. The van der Waals surface area contributed by atoms with E-state index in [9.17, 15) is 4.79 Å². The molecule has 2 rings (SSSR count). The van der Waals surface area contributed by atoms with Crippen LogP contribution in [-0.4, -0.2) is 26.7 Å². The van der Waals surface area contributed by atoms with Gasteiger partial charge in [0, 0.05) is 18.7 Å². The number of amides is 1. The minimum Gasteiger partial charge on any atom is -0.493 e. The average molecular weight is 325 g/mol. The van der Waals surface area contributed by atoms with Gasteiger partial charge >= 0.3 is 0 Å². The van der Waals surface area contributed by atoms with Crippen LogP contribution in [0.5, 0.6) is 11.5 Å². The molecule has 4 nitrogen and oxygen atoms in total. The molecule has 0 N–H and O–H groups in total. The van der Waals surface area contributed by atoms with Crippen LogP contribution in [0.1, 0.15) is 12.0 Å². The molecule has 24 heavy (non-hydrogen) atoms. The van der Waals surface area contributed by atoms with Gasteiger partial charge in [0.15, 0.2) is 11.5 Å². The van der Waals surface area contributed by atoms with Crippen molar-refractivity contribution in [1.29, 1.82) is 0 Å². The van der Waals surface area contributed by atoms with E-state index < -0.39 is 0 Å². The van der Waals surface area contributed by atoms with Crippen molar-refractivity contribution in [1.82, 2.24) is 0 Å². The van der Waals surface area contributed by atoms with Crippen molar-refractivity contribution in [2.75, 3.05) is 25.7 Å². The average Bonchev–Trinajstić information content (AvgIpc) is 2.64. The van der Waals surface area contributed by atoms with Gasteiger partial charge in [-0.2, -0.15) is 0 Å². The fraction of sp³-hybridized carbons (Fsp3) is 0.250. The summed E-state index contributed by atoms with van der Waals surface area (Å²) in [6, 6.07) is 15.4. The summed E-state index contributed by atoms with van der Waals surface area (Å²) in [6.07, 6.45) is 2.79. The van der Waals surface area contributed by atoms with Crippen molar-refractivity contribution in [2.45, 2.75) is 12.8 Å². The Morgan fingerprint density at radius 3 is 2.42 bits per heavy atom. The van der Waals surface area contributed by atoms with Gasteiger partial charge in [-0.3, -0.25) is 4.79 Å². The van der Waals surface area contributed by atoms with E-state index in [0.29, 0.717) is 30.9 Å². The quantitative estimate of drug-likeness (QED) is 0.692. The van der Waals surface area contributed by atoms with Gasteiger partial charge in [-0.15, -0.1) is 6.58 Å². The molecule has 0 aliphatic rings. The van der Waals surface area contributed by atoms with E-state index in [2.05, 4.69) is 6.58 Å². The highest BCUT2D eigenvalue weighted by atomic mass is 16.5. The van der Waals surface area contributed by atoms with E-state index in [1.54, 1.807) is 25.2 Å². The number of ether oxygens (including phenoxy) is 2. The van der Waals surface area contributed by atoms with Gasteiger partial charge in [-0.1, -0.05) is 30.3 Å². The Balaban J connectivity index is 2.07. The second-order valence-corrected chi connectivity index (χ2v) is 5.32. The van der Waals surface area contributed by atoms with Crippen molar-refractivity contribution >= 4 is 11.6 Å². The second-order valence-electron chi connectivity index (χ2n) is 5.32. The largest absolute Gasteiger partial charge is 0.493 e. The number of benzene rings is 2. The minimum absolute atomic E-state index is 0.0656. The van der Waals surface area contributed by atoms with Crippen LogP contribution in [0.15, 0.2) is 61.2 Å². The molecule has 2 aromatic carbocycles. The number of nitrogens with zero attached hydrogens (tertiary/aromatic N) is 1. The Labute approximate surface area is 143 Å². The van der Waals surface area contributed by atoms with E-state index >= 15 is 0 Å².